The lowest BCUT2D eigenvalue weighted by molar-refractivity contribution is 0.462. The molecule has 0 amide bonds. The molecular formula is C19H24O4S. The van der Waals surface area contributed by atoms with Gasteiger partial charge in [-0.1, -0.05) is 0 Å². The topological polar surface area (TPSA) is 74.6 Å². The summed E-state index contributed by atoms with van der Waals surface area (Å²) in [7, 11) is -3.89. The maximum absolute atomic E-state index is 13.4. The molecule has 0 bridgehead atoms. The molecular weight excluding hydrogens is 324 g/mol. The van der Waals surface area contributed by atoms with E-state index in [1.165, 1.54) is 0 Å². The van der Waals surface area contributed by atoms with Gasteiger partial charge in [-0.05, 0) is 82.3 Å². The van der Waals surface area contributed by atoms with E-state index >= 15 is 0 Å². The van der Waals surface area contributed by atoms with Crippen molar-refractivity contribution in [1.82, 2.24) is 0 Å². The zero-order valence-corrected chi connectivity index (χ0v) is 16.0. The van der Waals surface area contributed by atoms with Crippen molar-refractivity contribution in [2.75, 3.05) is 0 Å². The van der Waals surface area contributed by atoms with Crippen LogP contribution in [0.1, 0.15) is 38.9 Å². The van der Waals surface area contributed by atoms with Gasteiger partial charge in [-0.3, -0.25) is 0 Å². The Balaban J connectivity index is 3.00. The summed E-state index contributed by atoms with van der Waals surface area (Å²) in [5, 5.41) is 20.4. The first-order chi connectivity index (χ1) is 10.9. The summed E-state index contributed by atoms with van der Waals surface area (Å²) >= 11 is 0. The Morgan fingerprint density at radius 2 is 1.17 bits per heavy atom. The number of phenolic OH excluding ortho intramolecular Hbond substituents is 2. The second-order valence-corrected chi connectivity index (χ2v) is 8.30. The second kappa shape index (κ2) is 5.81. The van der Waals surface area contributed by atoms with Crippen LogP contribution in [0.5, 0.6) is 11.5 Å². The smallest absolute Gasteiger partial charge is 0.207 e. The van der Waals surface area contributed by atoms with Crippen LogP contribution < -0.4 is 0 Å². The Morgan fingerprint density at radius 1 is 0.667 bits per heavy atom. The predicted octanol–water partition coefficient (Wildman–Crippen LogP) is 4.09. The molecule has 4 nitrogen and oxygen atoms in total. The van der Waals surface area contributed by atoms with Crippen LogP contribution >= 0.6 is 0 Å². The van der Waals surface area contributed by atoms with Gasteiger partial charge < -0.3 is 10.2 Å². The van der Waals surface area contributed by atoms with Crippen molar-refractivity contribution in [2.24, 2.45) is 0 Å². The lowest BCUT2D eigenvalue weighted by Crippen LogP contribution is -2.12. The molecule has 2 aromatic rings. The molecule has 0 atom stereocenters. The molecule has 2 rings (SSSR count). The largest absolute Gasteiger partial charge is 0.508 e. The van der Waals surface area contributed by atoms with Crippen LogP contribution in [0, 0.1) is 48.5 Å². The van der Waals surface area contributed by atoms with Gasteiger partial charge in [0.15, 0.2) is 0 Å². The summed E-state index contributed by atoms with van der Waals surface area (Å²) in [6.45, 7) is 12.0. The van der Waals surface area contributed by atoms with E-state index in [4.69, 9.17) is 0 Å². The van der Waals surface area contributed by atoms with E-state index in [-0.39, 0.29) is 21.3 Å². The zero-order valence-electron chi connectivity index (χ0n) is 15.2. The van der Waals surface area contributed by atoms with E-state index in [2.05, 4.69) is 0 Å². The van der Waals surface area contributed by atoms with Crippen molar-refractivity contribution in [3.63, 3.8) is 0 Å². The highest BCUT2D eigenvalue weighted by molar-refractivity contribution is 7.91. The summed E-state index contributed by atoms with van der Waals surface area (Å²) in [5.41, 5.74) is 4.06. The highest BCUT2D eigenvalue weighted by Gasteiger charge is 2.30. The van der Waals surface area contributed by atoms with E-state index in [9.17, 15) is 18.6 Å². The molecule has 0 radical (unpaired) electrons. The van der Waals surface area contributed by atoms with Crippen LogP contribution in [-0.2, 0) is 9.84 Å². The van der Waals surface area contributed by atoms with Crippen molar-refractivity contribution in [1.29, 1.82) is 0 Å². The minimum atomic E-state index is -3.89. The van der Waals surface area contributed by atoms with E-state index < -0.39 is 9.84 Å². The van der Waals surface area contributed by atoms with Crippen molar-refractivity contribution >= 4 is 9.84 Å². The van der Waals surface area contributed by atoms with Gasteiger partial charge in [0, 0.05) is 11.1 Å². The number of sulfone groups is 1. The first-order valence-electron chi connectivity index (χ1n) is 7.77. The minimum Gasteiger partial charge on any atom is -0.508 e. The summed E-state index contributed by atoms with van der Waals surface area (Å²) in [5.74, 6) is -0.0381. The molecule has 24 heavy (non-hydrogen) atoms. The van der Waals surface area contributed by atoms with Crippen molar-refractivity contribution in [3.05, 3.63) is 45.0 Å². The number of aryl methyl sites for hydroxylation is 1. The maximum Gasteiger partial charge on any atom is 0.207 e. The fourth-order valence-corrected chi connectivity index (χ4v) is 5.54. The standard InChI is InChI=1S/C19H24O4S/c1-9-8-16(20)14(6)18(10(9)2)24(22,23)19-13(5)11(3)12(4)17(21)15(19)7/h8,20-21H,1-7H3. The zero-order chi connectivity index (χ0) is 18.6. The van der Waals surface area contributed by atoms with E-state index in [0.717, 1.165) is 5.56 Å². The number of phenols is 2. The van der Waals surface area contributed by atoms with Gasteiger partial charge in [-0.15, -0.1) is 0 Å². The number of hydrogen-bond donors (Lipinski definition) is 2. The maximum atomic E-state index is 13.4. The Kier molecular flexibility index (Phi) is 4.44. The fraction of sp³-hybridized carbons (Fsp3) is 0.368. The molecule has 0 saturated carbocycles. The first-order valence-corrected chi connectivity index (χ1v) is 9.25. The molecule has 130 valence electrons. The third kappa shape index (κ3) is 2.47. The Bertz CT molecular complexity index is 899. The van der Waals surface area contributed by atoms with E-state index in [0.29, 0.717) is 33.4 Å². The molecule has 0 heterocycles. The predicted molar refractivity (Wildman–Crippen MR) is 94.8 cm³/mol. The third-order valence-electron chi connectivity index (χ3n) is 5.06. The lowest BCUT2D eigenvalue weighted by atomic mass is 9.99. The normalized spacial score (nSPS) is 11.8. The van der Waals surface area contributed by atoms with Crippen LogP contribution in [-0.4, -0.2) is 18.6 Å². The van der Waals surface area contributed by atoms with E-state index in [1.807, 2.05) is 0 Å². The van der Waals surface area contributed by atoms with E-state index in [1.54, 1.807) is 54.5 Å². The summed E-state index contributed by atoms with van der Waals surface area (Å²) < 4.78 is 26.8. The SMILES string of the molecule is Cc1cc(O)c(C)c(S(=O)(=O)c2c(C)c(C)c(C)c(O)c2C)c1C. The van der Waals surface area contributed by atoms with Crippen LogP contribution in [0.4, 0.5) is 0 Å². The molecule has 0 spiro atoms. The van der Waals surface area contributed by atoms with Gasteiger partial charge in [0.25, 0.3) is 0 Å². The molecule has 0 unspecified atom stereocenters. The van der Waals surface area contributed by atoms with Gasteiger partial charge in [0.1, 0.15) is 11.5 Å². The molecule has 0 saturated heterocycles. The van der Waals surface area contributed by atoms with Crippen molar-refractivity contribution in [3.8, 4) is 11.5 Å². The third-order valence-corrected chi connectivity index (χ3v) is 7.36. The molecule has 5 heteroatoms. The summed E-state index contributed by atoms with van der Waals surface area (Å²) in [6.07, 6.45) is 0. The van der Waals surface area contributed by atoms with Crippen LogP contribution in [0.2, 0.25) is 0 Å². The number of hydrogen-bond acceptors (Lipinski definition) is 4. The molecule has 2 N–H and O–H groups in total. The molecule has 0 fully saturated rings. The van der Waals surface area contributed by atoms with Crippen molar-refractivity contribution < 1.29 is 18.6 Å². The van der Waals surface area contributed by atoms with Crippen LogP contribution in [0.15, 0.2) is 15.9 Å². The monoisotopic (exact) mass is 348 g/mol. The highest BCUT2D eigenvalue weighted by Crippen LogP contribution is 2.40. The molecule has 0 aliphatic rings. The minimum absolute atomic E-state index is 0.00357. The number of rotatable bonds is 2. The van der Waals surface area contributed by atoms with Crippen LogP contribution in [0.25, 0.3) is 0 Å². The van der Waals surface area contributed by atoms with Crippen LogP contribution in [0.3, 0.4) is 0 Å². The molecule has 0 aromatic heterocycles. The van der Waals surface area contributed by atoms with Gasteiger partial charge in [-0.2, -0.15) is 0 Å². The fourth-order valence-electron chi connectivity index (χ4n) is 3.21. The highest BCUT2D eigenvalue weighted by atomic mass is 32.2. The van der Waals surface area contributed by atoms with Gasteiger partial charge >= 0.3 is 0 Å². The van der Waals surface area contributed by atoms with Gasteiger partial charge in [-0.25, -0.2) is 8.42 Å². The number of aromatic hydroxyl groups is 2. The average molecular weight is 348 g/mol. The Morgan fingerprint density at radius 3 is 1.71 bits per heavy atom. The average Bonchev–Trinajstić information content (AvgIpc) is 2.49. The summed E-state index contributed by atoms with van der Waals surface area (Å²) in [6, 6.07) is 1.57. The molecule has 2 aromatic carbocycles. The molecule has 0 aliphatic carbocycles. The van der Waals surface area contributed by atoms with Gasteiger partial charge in [0.05, 0.1) is 9.79 Å². The molecule has 0 aliphatic heterocycles. The van der Waals surface area contributed by atoms with Gasteiger partial charge in [0.2, 0.25) is 9.84 Å². The Labute approximate surface area is 143 Å². The van der Waals surface area contributed by atoms with Crippen molar-refractivity contribution in [2.45, 2.75) is 58.3 Å². The second-order valence-electron chi connectivity index (χ2n) is 6.47. The Hall–Kier alpha value is -2.01. The quantitative estimate of drug-likeness (QED) is 0.857. The summed E-state index contributed by atoms with van der Waals surface area (Å²) in [4.78, 5) is 0.244. The first kappa shape index (κ1) is 18.3. The number of benzene rings is 2. The lowest BCUT2D eigenvalue weighted by Gasteiger charge is -2.20.